The predicted molar refractivity (Wildman–Crippen MR) is 235 cm³/mol. The molecule has 12 N–H and O–H groups in total. The maximum atomic E-state index is 14.0. The van der Waals surface area contributed by atoms with E-state index in [9.17, 15) is 53.9 Å². The number of aromatic hydroxyl groups is 2. The molecule has 1 heterocycles. The molecule has 0 radical (unpaired) electrons. The molecule has 21 nitrogen and oxygen atoms in total. The molecule has 1 fully saturated rings. The summed E-state index contributed by atoms with van der Waals surface area (Å²) in [5.41, 5.74) is 12.9. The second-order valence-corrected chi connectivity index (χ2v) is 16.4. The lowest BCUT2D eigenvalue weighted by atomic mass is 10.0. The molecule has 0 aromatic heterocycles. The summed E-state index contributed by atoms with van der Waals surface area (Å²) in [4.78, 5) is 105. The number of nitro benzene ring substituents is 1. The minimum absolute atomic E-state index is 0.00883. The van der Waals surface area contributed by atoms with Gasteiger partial charge in [-0.1, -0.05) is 50.2 Å². The number of phenolic OH excluding ortho intramolecular Hbond substituents is 2. The summed E-state index contributed by atoms with van der Waals surface area (Å²) in [5.74, 6) is -6.57. The van der Waals surface area contributed by atoms with E-state index in [1.54, 1.807) is 24.3 Å². The number of carbonyl (C=O) groups is 7. The Balaban J connectivity index is 1.53. The lowest BCUT2D eigenvalue weighted by molar-refractivity contribution is -0.385. The topological polar surface area (TPSA) is 339 Å². The lowest BCUT2D eigenvalue weighted by Crippen LogP contribution is -2.59. The molecular formula is C44H57N9O12. The van der Waals surface area contributed by atoms with E-state index < -0.39 is 107 Å². The summed E-state index contributed by atoms with van der Waals surface area (Å²) in [5, 5.41) is 54.1. The molecule has 3 aromatic carbocycles. The molecule has 65 heavy (non-hydrogen) atoms. The number of carboxylic acids is 1. The number of carbonyl (C=O) groups excluding carboxylic acids is 6. The quantitative estimate of drug-likeness (QED) is 0.0359. The molecule has 0 bridgehead atoms. The maximum absolute atomic E-state index is 14.0. The number of phenols is 2. The van der Waals surface area contributed by atoms with E-state index >= 15 is 0 Å². The maximum Gasteiger partial charge on any atom is 0.310 e. The van der Waals surface area contributed by atoms with Crippen LogP contribution in [0.15, 0.2) is 66.7 Å². The fourth-order valence-electron chi connectivity index (χ4n) is 7.34. The van der Waals surface area contributed by atoms with E-state index in [2.05, 4.69) is 26.6 Å². The number of benzene rings is 3. The number of hydrogen-bond donors (Lipinski definition) is 10. The van der Waals surface area contributed by atoms with Gasteiger partial charge in [0.15, 0.2) is 5.75 Å². The minimum atomic E-state index is -1.55. The average Bonchev–Trinajstić information content (AvgIpc) is 3.75. The SMILES string of the molecule is CC(C)C[C@H](NCc1ccccc1N)C(=O)N[C@@H](Cc1ccc(O)cc1)C(=O)N[C@@H](C)C(=O)N1CCC[C@H]1C(=O)N[C@@H](Cc1ccc(O)c([N+](=O)[O-])c1)C(=O)N[C@@H](CCC(=O)O)C(N)=O. The molecule has 1 saturated heterocycles. The van der Waals surface area contributed by atoms with Crippen molar-refractivity contribution in [1.29, 1.82) is 0 Å². The Morgan fingerprint density at radius 3 is 2.05 bits per heavy atom. The Kier molecular flexibility index (Phi) is 18.1. The number of rotatable bonds is 23. The van der Waals surface area contributed by atoms with Gasteiger partial charge in [0.05, 0.1) is 11.0 Å². The van der Waals surface area contributed by atoms with E-state index in [0.29, 0.717) is 24.1 Å². The van der Waals surface area contributed by atoms with E-state index in [0.717, 1.165) is 17.7 Å². The van der Waals surface area contributed by atoms with Crippen LogP contribution in [0.3, 0.4) is 0 Å². The number of nitrogens with two attached hydrogens (primary N) is 2. The summed E-state index contributed by atoms with van der Waals surface area (Å²) in [6.45, 7) is 5.66. The first kappa shape index (κ1) is 50.4. The molecule has 4 rings (SSSR count). The van der Waals surface area contributed by atoms with Crippen molar-refractivity contribution in [2.24, 2.45) is 11.7 Å². The van der Waals surface area contributed by atoms with Gasteiger partial charge in [0.2, 0.25) is 35.4 Å². The number of likely N-dealkylation sites (tertiary alicyclic amines) is 1. The third kappa shape index (κ3) is 14.9. The number of nitro groups is 1. The number of nitrogens with zero attached hydrogens (tertiary/aromatic N) is 2. The van der Waals surface area contributed by atoms with Gasteiger partial charge in [-0.15, -0.1) is 0 Å². The van der Waals surface area contributed by atoms with Crippen molar-refractivity contribution in [2.75, 3.05) is 12.3 Å². The van der Waals surface area contributed by atoms with Crippen LogP contribution in [0.1, 0.15) is 69.6 Å². The average molecular weight is 904 g/mol. The smallest absolute Gasteiger partial charge is 0.310 e. The predicted octanol–water partition coefficient (Wildman–Crippen LogP) is 0.878. The molecule has 21 heteroatoms. The summed E-state index contributed by atoms with van der Waals surface area (Å²) < 4.78 is 0. The van der Waals surface area contributed by atoms with Crippen LogP contribution in [0, 0.1) is 16.0 Å². The third-order valence-corrected chi connectivity index (χ3v) is 10.8. The van der Waals surface area contributed by atoms with Gasteiger partial charge in [0.25, 0.3) is 0 Å². The number of nitrogens with one attached hydrogen (secondary N) is 5. The van der Waals surface area contributed by atoms with Crippen LogP contribution in [0.5, 0.6) is 11.5 Å². The highest BCUT2D eigenvalue weighted by atomic mass is 16.6. The van der Waals surface area contributed by atoms with Gasteiger partial charge < -0.3 is 58.3 Å². The zero-order valence-corrected chi connectivity index (χ0v) is 36.3. The third-order valence-electron chi connectivity index (χ3n) is 10.8. The Labute approximate surface area is 374 Å². The van der Waals surface area contributed by atoms with Gasteiger partial charge in [-0.25, -0.2) is 0 Å². The van der Waals surface area contributed by atoms with Crippen LogP contribution >= 0.6 is 0 Å². The Morgan fingerprint density at radius 2 is 1.42 bits per heavy atom. The molecule has 0 saturated carbocycles. The monoisotopic (exact) mass is 903 g/mol. The van der Waals surface area contributed by atoms with Crippen molar-refractivity contribution in [2.45, 2.75) is 109 Å². The Hall–Kier alpha value is -7.29. The largest absolute Gasteiger partial charge is 0.508 e. The molecule has 1 aliphatic heterocycles. The fourth-order valence-corrected chi connectivity index (χ4v) is 7.34. The number of nitrogen functional groups attached to an aromatic ring is 1. The van der Waals surface area contributed by atoms with Crippen molar-refractivity contribution >= 4 is 52.8 Å². The number of hydrogen-bond acceptors (Lipinski definition) is 13. The molecule has 1 aliphatic rings. The molecule has 0 unspecified atom stereocenters. The summed E-state index contributed by atoms with van der Waals surface area (Å²) in [6.07, 6.45) is -0.441. The minimum Gasteiger partial charge on any atom is -0.508 e. The zero-order valence-electron chi connectivity index (χ0n) is 36.3. The lowest BCUT2D eigenvalue weighted by Gasteiger charge is -2.30. The second-order valence-electron chi connectivity index (χ2n) is 16.4. The second kappa shape index (κ2) is 23.4. The van der Waals surface area contributed by atoms with Gasteiger partial charge in [-0.2, -0.15) is 0 Å². The number of anilines is 1. The van der Waals surface area contributed by atoms with Crippen molar-refractivity contribution in [3.8, 4) is 11.5 Å². The van der Waals surface area contributed by atoms with Crippen LogP contribution in [0.2, 0.25) is 0 Å². The Morgan fingerprint density at radius 1 is 0.815 bits per heavy atom. The first-order valence-electron chi connectivity index (χ1n) is 21.1. The van der Waals surface area contributed by atoms with Crippen LogP contribution in [0.4, 0.5) is 11.4 Å². The van der Waals surface area contributed by atoms with Crippen LogP contribution in [-0.4, -0.2) is 109 Å². The normalized spacial score (nSPS) is 15.8. The first-order valence-corrected chi connectivity index (χ1v) is 21.1. The highest BCUT2D eigenvalue weighted by Crippen LogP contribution is 2.27. The van der Waals surface area contributed by atoms with Gasteiger partial charge >= 0.3 is 11.7 Å². The number of amides is 6. The standard InChI is InChI=1S/C44H57N9O12/c1-24(2)19-32(47-23-28-7-4-5-8-30(28)45)40(59)50-33(20-26-10-13-29(54)14-11-26)41(60)48-25(3)44(63)52-18-6-9-35(52)43(62)51-34(21-27-12-16-37(55)36(22-27)53(64)65)42(61)49-31(39(46)58)15-17-38(56)57/h4-5,7-8,10-14,16,22,24-25,31-35,47,54-55H,6,9,15,17-21,23,45H2,1-3H3,(H2,46,58)(H,48,60)(H,49,61)(H,50,59)(H,51,62)(H,56,57)/t25-,31-,32-,33-,34-,35-/m0/s1. The van der Waals surface area contributed by atoms with Gasteiger partial charge in [-0.3, -0.25) is 43.7 Å². The van der Waals surface area contributed by atoms with Gasteiger partial charge in [0, 0.05) is 44.1 Å². The van der Waals surface area contributed by atoms with Crippen molar-refractivity contribution in [3.05, 3.63) is 93.5 Å². The number of aliphatic carboxylic acids is 1. The van der Waals surface area contributed by atoms with Gasteiger partial charge in [-0.05, 0) is 79.5 Å². The zero-order chi connectivity index (χ0) is 48.0. The van der Waals surface area contributed by atoms with E-state index in [1.807, 2.05) is 26.0 Å². The van der Waals surface area contributed by atoms with Crippen LogP contribution in [0.25, 0.3) is 0 Å². The highest BCUT2D eigenvalue weighted by Gasteiger charge is 2.39. The summed E-state index contributed by atoms with van der Waals surface area (Å²) in [6, 6.07) is 9.19. The first-order chi connectivity index (χ1) is 30.7. The fraction of sp³-hybridized carbons (Fsp3) is 0.432. The molecular weight excluding hydrogens is 847 g/mol. The van der Waals surface area contributed by atoms with Crippen LogP contribution < -0.4 is 38.1 Å². The van der Waals surface area contributed by atoms with Crippen LogP contribution in [-0.2, 0) is 52.9 Å². The number of primary amides is 1. The summed E-state index contributed by atoms with van der Waals surface area (Å²) >= 11 is 0. The van der Waals surface area contributed by atoms with E-state index in [1.165, 1.54) is 30.0 Å². The van der Waals surface area contributed by atoms with Crippen molar-refractivity contribution in [3.63, 3.8) is 0 Å². The molecule has 0 aliphatic carbocycles. The van der Waals surface area contributed by atoms with Gasteiger partial charge in [0.1, 0.15) is 36.0 Å². The highest BCUT2D eigenvalue weighted by molar-refractivity contribution is 5.97. The number of para-hydroxylation sites is 1. The molecule has 6 amide bonds. The molecule has 350 valence electrons. The molecule has 3 aromatic rings. The van der Waals surface area contributed by atoms with Crippen molar-refractivity contribution < 1.29 is 53.8 Å². The van der Waals surface area contributed by atoms with E-state index in [4.69, 9.17) is 16.6 Å². The number of carboxylic acid groups (broad SMARTS) is 1. The summed E-state index contributed by atoms with van der Waals surface area (Å²) in [7, 11) is 0. The molecule has 0 spiro atoms. The van der Waals surface area contributed by atoms with Crippen molar-refractivity contribution in [1.82, 2.24) is 31.5 Å². The molecule has 6 atom stereocenters. The van der Waals surface area contributed by atoms with E-state index in [-0.39, 0.29) is 49.6 Å². The Bertz CT molecular complexity index is 2220.